The molecule has 0 atom stereocenters. The van der Waals surface area contributed by atoms with Crippen molar-refractivity contribution in [1.82, 2.24) is 9.97 Å². The molecule has 0 saturated carbocycles. The smallest absolute Gasteiger partial charge is 0.254 e. The molecule has 1 heterocycles. The molecule has 100 valence electrons. The Labute approximate surface area is 119 Å². The Morgan fingerprint density at radius 1 is 1.37 bits per heavy atom. The molecule has 2 rings (SSSR count). The Morgan fingerprint density at radius 2 is 2.11 bits per heavy atom. The molecule has 0 fully saturated rings. The molecule has 2 aromatic rings. The van der Waals surface area contributed by atoms with E-state index in [-0.39, 0.29) is 17.4 Å². The lowest BCUT2D eigenvalue weighted by Crippen LogP contribution is -2.12. The van der Waals surface area contributed by atoms with E-state index in [1.165, 1.54) is 6.07 Å². The summed E-state index contributed by atoms with van der Waals surface area (Å²) >= 11 is 3.32. The third-order valence-corrected chi connectivity index (χ3v) is 2.96. The summed E-state index contributed by atoms with van der Waals surface area (Å²) in [6.07, 6.45) is 0. The lowest BCUT2D eigenvalue weighted by Gasteiger charge is -2.10. The SMILES string of the molecule is CC(C)c1nc(Oc2ccc(Br)cc2N)cc(=O)[nH]1. The van der Waals surface area contributed by atoms with E-state index < -0.39 is 0 Å². The fourth-order valence-electron chi connectivity index (χ4n) is 1.50. The summed E-state index contributed by atoms with van der Waals surface area (Å²) in [5.41, 5.74) is 6.07. The van der Waals surface area contributed by atoms with Crippen molar-refractivity contribution in [2.24, 2.45) is 0 Å². The molecule has 0 aliphatic carbocycles. The van der Waals surface area contributed by atoms with Crippen LogP contribution in [0.25, 0.3) is 0 Å². The van der Waals surface area contributed by atoms with Crippen LogP contribution in [-0.2, 0) is 0 Å². The first kappa shape index (κ1) is 13.6. The number of rotatable bonds is 3. The second kappa shape index (κ2) is 5.44. The van der Waals surface area contributed by atoms with Gasteiger partial charge in [0.2, 0.25) is 5.88 Å². The van der Waals surface area contributed by atoms with Gasteiger partial charge in [0.15, 0.2) is 5.75 Å². The Balaban J connectivity index is 2.35. The topological polar surface area (TPSA) is 81.0 Å². The van der Waals surface area contributed by atoms with E-state index in [4.69, 9.17) is 10.5 Å². The van der Waals surface area contributed by atoms with Crippen molar-refractivity contribution in [3.63, 3.8) is 0 Å². The number of benzene rings is 1. The van der Waals surface area contributed by atoms with Crippen LogP contribution in [0, 0.1) is 0 Å². The third-order valence-electron chi connectivity index (χ3n) is 2.47. The Hall–Kier alpha value is -1.82. The molecule has 0 aliphatic rings. The second-order valence-corrected chi connectivity index (χ2v) is 5.32. The van der Waals surface area contributed by atoms with E-state index in [2.05, 4.69) is 25.9 Å². The predicted molar refractivity (Wildman–Crippen MR) is 77.6 cm³/mol. The molecule has 0 amide bonds. The minimum atomic E-state index is -0.246. The van der Waals surface area contributed by atoms with Gasteiger partial charge >= 0.3 is 0 Å². The molecule has 0 radical (unpaired) electrons. The Kier molecular flexibility index (Phi) is 3.90. The van der Waals surface area contributed by atoms with E-state index in [0.29, 0.717) is 17.3 Å². The summed E-state index contributed by atoms with van der Waals surface area (Å²) in [6.45, 7) is 3.88. The van der Waals surface area contributed by atoms with E-state index in [1.807, 2.05) is 19.9 Å². The number of nitrogens with one attached hydrogen (secondary N) is 1. The molecule has 6 heteroatoms. The van der Waals surface area contributed by atoms with Gasteiger partial charge < -0.3 is 15.5 Å². The van der Waals surface area contributed by atoms with Gasteiger partial charge in [0, 0.05) is 10.4 Å². The number of halogens is 1. The fraction of sp³-hybridized carbons (Fsp3) is 0.231. The number of anilines is 1. The van der Waals surface area contributed by atoms with Crippen molar-refractivity contribution in [2.45, 2.75) is 19.8 Å². The average molecular weight is 324 g/mol. The van der Waals surface area contributed by atoms with Crippen LogP contribution in [0.2, 0.25) is 0 Å². The first-order valence-corrected chi connectivity index (χ1v) is 6.59. The number of ether oxygens (including phenoxy) is 1. The maximum atomic E-state index is 11.5. The molecule has 1 aromatic carbocycles. The number of nitrogens with two attached hydrogens (primary N) is 1. The Morgan fingerprint density at radius 3 is 2.74 bits per heavy atom. The third kappa shape index (κ3) is 3.35. The highest BCUT2D eigenvalue weighted by molar-refractivity contribution is 9.10. The molecule has 3 N–H and O–H groups in total. The number of hydrogen-bond donors (Lipinski definition) is 2. The van der Waals surface area contributed by atoms with E-state index in [9.17, 15) is 4.79 Å². The molecule has 5 nitrogen and oxygen atoms in total. The van der Waals surface area contributed by atoms with Crippen molar-refractivity contribution in [1.29, 1.82) is 0 Å². The summed E-state index contributed by atoms with van der Waals surface area (Å²) in [5, 5.41) is 0. The number of nitrogen functional groups attached to an aromatic ring is 1. The van der Waals surface area contributed by atoms with E-state index >= 15 is 0 Å². The molecular formula is C13H14BrN3O2. The van der Waals surface area contributed by atoms with Crippen molar-refractivity contribution >= 4 is 21.6 Å². The lowest BCUT2D eigenvalue weighted by molar-refractivity contribution is 0.457. The fourth-order valence-corrected chi connectivity index (χ4v) is 1.88. The van der Waals surface area contributed by atoms with Crippen molar-refractivity contribution in [2.75, 3.05) is 5.73 Å². The minimum absolute atomic E-state index is 0.110. The van der Waals surface area contributed by atoms with Crippen LogP contribution >= 0.6 is 15.9 Å². The van der Waals surface area contributed by atoms with Gasteiger partial charge in [-0.05, 0) is 18.2 Å². The van der Waals surface area contributed by atoms with Crippen LogP contribution in [0.1, 0.15) is 25.6 Å². The maximum Gasteiger partial charge on any atom is 0.254 e. The summed E-state index contributed by atoms with van der Waals surface area (Å²) < 4.78 is 6.42. The lowest BCUT2D eigenvalue weighted by atomic mass is 10.2. The standard InChI is InChI=1S/C13H14BrN3O2/c1-7(2)13-16-11(18)6-12(17-13)19-10-4-3-8(14)5-9(10)15/h3-7H,15H2,1-2H3,(H,16,17,18). The molecule has 1 aromatic heterocycles. The highest BCUT2D eigenvalue weighted by atomic mass is 79.9. The van der Waals surface area contributed by atoms with Crippen molar-refractivity contribution in [3.05, 3.63) is 44.9 Å². The first-order valence-electron chi connectivity index (χ1n) is 5.80. The highest BCUT2D eigenvalue weighted by Crippen LogP contribution is 2.28. The van der Waals surface area contributed by atoms with Gasteiger partial charge in [-0.25, -0.2) is 0 Å². The molecule has 19 heavy (non-hydrogen) atoms. The second-order valence-electron chi connectivity index (χ2n) is 4.41. The number of aromatic amines is 1. The van der Waals surface area contributed by atoms with E-state index in [1.54, 1.807) is 12.1 Å². The largest absolute Gasteiger partial charge is 0.437 e. The van der Waals surface area contributed by atoms with Gasteiger partial charge in [-0.3, -0.25) is 4.79 Å². The summed E-state index contributed by atoms with van der Waals surface area (Å²) in [7, 11) is 0. The zero-order valence-corrected chi connectivity index (χ0v) is 12.2. The molecule has 0 bridgehead atoms. The predicted octanol–water partition coefficient (Wildman–Crippen LogP) is 3.03. The van der Waals surface area contributed by atoms with Gasteiger partial charge in [-0.1, -0.05) is 29.8 Å². The molecule has 0 unspecified atom stereocenters. The summed E-state index contributed by atoms with van der Waals surface area (Å²) in [4.78, 5) is 18.4. The number of H-pyrrole nitrogens is 1. The minimum Gasteiger partial charge on any atom is -0.437 e. The van der Waals surface area contributed by atoms with Crippen LogP contribution < -0.4 is 16.0 Å². The first-order chi connectivity index (χ1) is 8.95. The van der Waals surface area contributed by atoms with Gasteiger partial charge in [-0.15, -0.1) is 0 Å². The zero-order valence-electron chi connectivity index (χ0n) is 10.6. The normalized spacial score (nSPS) is 10.7. The van der Waals surface area contributed by atoms with Gasteiger partial charge in [0.05, 0.1) is 11.8 Å². The van der Waals surface area contributed by atoms with Gasteiger partial charge in [0.1, 0.15) is 5.82 Å². The monoisotopic (exact) mass is 323 g/mol. The number of nitrogens with zero attached hydrogens (tertiary/aromatic N) is 1. The average Bonchev–Trinajstić information content (AvgIpc) is 2.32. The van der Waals surface area contributed by atoms with Crippen molar-refractivity contribution < 1.29 is 4.74 Å². The molecule has 0 saturated heterocycles. The maximum absolute atomic E-state index is 11.5. The van der Waals surface area contributed by atoms with Crippen LogP contribution in [-0.4, -0.2) is 9.97 Å². The zero-order chi connectivity index (χ0) is 14.0. The number of hydrogen-bond acceptors (Lipinski definition) is 4. The van der Waals surface area contributed by atoms with E-state index in [0.717, 1.165) is 4.47 Å². The van der Waals surface area contributed by atoms with Crippen LogP contribution in [0.3, 0.4) is 0 Å². The summed E-state index contributed by atoms with van der Waals surface area (Å²) in [5.74, 6) is 1.40. The van der Waals surface area contributed by atoms with Crippen LogP contribution in [0.4, 0.5) is 5.69 Å². The quantitative estimate of drug-likeness (QED) is 0.851. The van der Waals surface area contributed by atoms with Crippen molar-refractivity contribution in [3.8, 4) is 11.6 Å². The molecule has 0 spiro atoms. The van der Waals surface area contributed by atoms with Gasteiger partial charge in [0.25, 0.3) is 5.56 Å². The van der Waals surface area contributed by atoms with Crippen LogP contribution in [0.15, 0.2) is 33.5 Å². The van der Waals surface area contributed by atoms with Gasteiger partial charge in [-0.2, -0.15) is 4.98 Å². The highest BCUT2D eigenvalue weighted by Gasteiger charge is 2.08. The molecular weight excluding hydrogens is 310 g/mol. The Bertz CT molecular complexity index is 653. The van der Waals surface area contributed by atoms with Crippen LogP contribution in [0.5, 0.6) is 11.6 Å². The number of aromatic nitrogens is 2. The summed E-state index contributed by atoms with van der Waals surface area (Å²) in [6, 6.07) is 6.55. The molecule has 0 aliphatic heterocycles.